The lowest BCUT2D eigenvalue weighted by Gasteiger charge is -2.14. The molecule has 0 fully saturated rings. The molecule has 2 unspecified atom stereocenters. The van der Waals surface area contributed by atoms with Gasteiger partial charge in [-0.05, 0) is 31.9 Å². The molecule has 0 spiro atoms. The van der Waals surface area contributed by atoms with Crippen LogP contribution in [0, 0.1) is 6.92 Å². The van der Waals surface area contributed by atoms with Gasteiger partial charge in [0, 0.05) is 18.5 Å². The van der Waals surface area contributed by atoms with E-state index in [-0.39, 0.29) is 25.0 Å². The predicted octanol–water partition coefficient (Wildman–Crippen LogP) is 2.94. The Hall–Kier alpha value is -1.76. The van der Waals surface area contributed by atoms with E-state index in [0.717, 1.165) is 21.8 Å². The number of thiazole rings is 1. The lowest BCUT2D eigenvalue weighted by Crippen LogP contribution is -2.30. The number of nitrogens with zero attached hydrogens (tertiary/aromatic N) is 1. The van der Waals surface area contributed by atoms with E-state index in [1.165, 1.54) is 11.3 Å². The smallest absolute Gasteiger partial charge is 0.226 e. The average Bonchev–Trinajstić information content (AvgIpc) is 3.02. The maximum atomic E-state index is 12.0. The number of ether oxygens (including phenoxy) is 1. The minimum Gasteiger partial charge on any atom is -0.387 e. The average molecular weight is 348 g/mol. The van der Waals surface area contributed by atoms with Crippen LogP contribution in [-0.4, -0.2) is 29.1 Å². The van der Waals surface area contributed by atoms with E-state index in [0.29, 0.717) is 6.61 Å². The summed E-state index contributed by atoms with van der Waals surface area (Å²) < 4.78 is 5.50. The molecule has 1 heterocycles. The molecule has 0 saturated carbocycles. The quantitative estimate of drug-likeness (QED) is 0.769. The summed E-state index contributed by atoms with van der Waals surface area (Å²) >= 11 is 1.50. The molecule has 0 saturated heterocycles. The first-order chi connectivity index (χ1) is 11.5. The molecule has 2 rings (SSSR count). The molecule has 5 nitrogen and oxygen atoms in total. The second-order valence-corrected chi connectivity index (χ2v) is 6.52. The van der Waals surface area contributed by atoms with Gasteiger partial charge in [0.2, 0.25) is 5.91 Å². The number of hydrogen-bond donors (Lipinski definition) is 2. The van der Waals surface area contributed by atoms with Crippen LogP contribution in [0.3, 0.4) is 0 Å². The summed E-state index contributed by atoms with van der Waals surface area (Å²) in [4.78, 5) is 16.5. The number of benzene rings is 1. The summed E-state index contributed by atoms with van der Waals surface area (Å²) in [7, 11) is 0. The third-order valence-corrected chi connectivity index (χ3v) is 4.77. The van der Waals surface area contributed by atoms with Gasteiger partial charge in [0.05, 0.1) is 18.2 Å². The van der Waals surface area contributed by atoms with Gasteiger partial charge in [0.25, 0.3) is 0 Å². The number of amides is 1. The van der Waals surface area contributed by atoms with Crippen molar-refractivity contribution < 1.29 is 14.6 Å². The van der Waals surface area contributed by atoms with Crippen molar-refractivity contribution in [3.05, 3.63) is 51.5 Å². The van der Waals surface area contributed by atoms with E-state index in [2.05, 4.69) is 10.3 Å². The van der Waals surface area contributed by atoms with Gasteiger partial charge in [-0.25, -0.2) is 4.98 Å². The van der Waals surface area contributed by atoms with Crippen molar-refractivity contribution >= 4 is 17.2 Å². The van der Waals surface area contributed by atoms with Gasteiger partial charge in [0.15, 0.2) is 0 Å². The van der Waals surface area contributed by atoms with Crippen molar-refractivity contribution in [3.63, 3.8) is 0 Å². The third-order valence-electron chi connectivity index (χ3n) is 3.72. The molecule has 24 heavy (non-hydrogen) atoms. The number of aliphatic hydroxyl groups excluding tert-OH is 1. The molecule has 0 aliphatic carbocycles. The molecule has 1 aromatic carbocycles. The van der Waals surface area contributed by atoms with Crippen LogP contribution in [-0.2, 0) is 16.0 Å². The Labute approximate surface area is 146 Å². The van der Waals surface area contributed by atoms with Crippen LogP contribution in [0.25, 0.3) is 0 Å². The fourth-order valence-corrected chi connectivity index (χ4v) is 3.24. The number of aliphatic hydroxyl groups is 1. The van der Waals surface area contributed by atoms with Crippen molar-refractivity contribution in [2.75, 3.05) is 13.2 Å². The van der Waals surface area contributed by atoms with E-state index < -0.39 is 6.10 Å². The van der Waals surface area contributed by atoms with Gasteiger partial charge in [-0.2, -0.15) is 0 Å². The molecule has 0 radical (unpaired) electrons. The zero-order valence-electron chi connectivity index (χ0n) is 14.3. The Morgan fingerprint density at radius 2 is 2.17 bits per heavy atom. The predicted molar refractivity (Wildman–Crippen MR) is 95.0 cm³/mol. The zero-order chi connectivity index (χ0) is 17.5. The van der Waals surface area contributed by atoms with E-state index in [1.54, 1.807) is 0 Å². The number of carbonyl (C=O) groups excluding carboxylic acids is 1. The maximum Gasteiger partial charge on any atom is 0.226 e. The molecular formula is C18H24N2O3S. The number of carbonyl (C=O) groups is 1. The number of aryl methyl sites for hydroxylation is 1. The lowest BCUT2D eigenvalue weighted by molar-refractivity contribution is -0.120. The number of hydrogen-bond acceptors (Lipinski definition) is 5. The lowest BCUT2D eigenvalue weighted by atomic mass is 10.0. The van der Waals surface area contributed by atoms with E-state index >= 15 is 0 Å². The Balaban J connectivity index is 1.84. The fourth-order valence-electron chi connectivity index (χ4n) is 2.42. The molecule has 1 aromatic heterocycles. The van der Waals surface area contributed by atoms with Crippen molar-refractivity contribution in [1.29, 1.82) is 0 Å². The first kappa shape index (κ1) is 18.6. The maximum absolute atomic E-state index is 12.0. The summed E-state index contributed by atoms with van der Waals surface area (Å²) in [6.45, 7) is 6.66. The van der Waals surface area contributed by atoms with Gasteiger partial charge >= 0.3 is 0 Å². The van der Waals surface area contributed by atoms with Gasteiger partial charge in [-0.15, -0.1) is 11.3 Å². The first-order valence-electron chi connectivity index (χ1n) is 8.07. The van der Waals surface area contributed by atoms with Gasteiger partial charge in [-0.1, -0.05) is 24.3 Å². The zero-order valence-corrected chi connectivity index (χ0v) is 15.1. The SMILES string of the molecule is CCOC(C)c1nc(CC(=O)NCC(O)c2ccccc2C)cs1. The van der Waals surface area contributed by atoms with E-state index in [1.807, 2.05) is 50.4 Å². The highest BCUT2D eigenvalue weighted by molar-refractivity contribution is 7.09. The van der Waals surface area contributed by atoms with Crippen LogP contribution in [0.1, 0.15) is 47.9 Å². The molecule has 0 bridgehead atoms. The summed E-state index contributed by atoms with van der Waals surface area (Å²) in [5, 5.41) is 15.7. The second kappa shape index (κ2) is 8.92. The molecule has 2 atom stereocenters. The molecule has 6 heteroatoms. The standard InChI is InChI=1S/C18H24N2O3S/c1-4-23-13(3)18-20-14(11-24-18)9-17(22)19-10-16(21)15-8-6-5-7-12(15)2/h5-8,11,13,16,21H,4,9-10H2,1-3H3,(H,19,22). The van der Waals surface area contributed by atoms with Crippen LogP contribution in [0.15, 0.2) is 29.6 Å². The van der Waals surface area contributed by atoms with Gasteiger partial charge < -0.3 is 15.2 Å². The Bertz CT molecular complexity index is 672. The largest absolute Gasteiger partial charge is 0.387 e. The summed E-state index contributed by atoms with van der Waals surface area (Å²) in [5.74, 6) is -0.149. The van der Waals surface area contributed by atoms with Crippen LogP contribution < -0.4 is 5.32 Å². The molecule has 0 aliphatic rings. The van der Waals surface area contributed by atoms with Crippen molar-refractivity contribution in [2.45, 2.75) is 39.4 Å². The molecule has 0 aliphatic heterocycles. The van der Waals surface area contributed by atoms with Gasteiger partial charge in [0.1, 0.15) is 11.1 Å². The highest BCUT2D eigenvalue weighted by Gasteiger charge is 2.14. The van der Waals surface area contributed by atoms with Gasteiger partial charge in [-0.3, -0.25) is 4.79 Å². The molecule has 2 N–H and O–H groups in total. The second-order valence-electron chi connectivity index (χ2n) is 5.63. The highest BCUT2D eigenvalue weighted by atomic mass is 32.1. The normalized spacial score (nSPS) is 13.5. The Kier molecular flexibility index (Phi) is 6.90. The number of rotatable bonds is 8. The minimum absolute atomic E-state index is 0.0558. The highest BCUT2D eigenvalue weighted by Crippen LogP contribution is 2.21. The first-order valence-corrected chi connectivity index (χ1v) is 8.95. The van der Waals surface area contributed by atoms with Crippen LogP contribution in [0.5, 0.6) is 0 Å². The van der Waals surface area contributed by atoms with E-state index in [4.69, 9.17) is 4.74 Å². The monoisotopic (exact) mass is 348 g/mol. The minimum atomic E-state index is -0.709. The van der Waals surface area contributed by atoms with Crippen molar-refractivity contribution in [3.8, 4) is 0 Å². The number of nitrogens with one attached hydrogen (secondary N) is 1. The summed E-state index contributed by atoms with van der Waals surface area (Å²) in [5.41, 5.74) is 2.57. The van der Waals surface area contributed by atoms with Crippen LogP contribution >= 0.6 is 11.3 Å². The molecular weight excluding hydrogens is 324 g/mol. The van der Waals surface area contributed by atoms with E-state index in [9.17, 15) is 9.90 Å². The van der Waals surface area contributed by atoms with Crippen LogP contribution in [0.2, 0.25) is 0 Å². The summed E-state index contributed by atoms with van der Waals surface area (Å²) in [6.07, 6.45) is -0.561. The Morgan fingerprint density at radius 3 is 2.88 bits per heavy atom. The van der Waals surface area contributed by atoms with Crippen LogP contribution in [0.4, 0.5) is 0 Å². The Morgan fingerprint density at radius 1 is 1.42 bits per heavy atom. The molecule has 2 aromatic rings. The molecule has 130 valence electrons. The fraction of sp³-hybridized carbons (Fsp3) is 0.444. The topological polar surface area (TPSA) is 71.5 Å². The number of aromatic nitrogens is 1. The summed E-state index contributed by atoms with van der Waals surface area (Å²) in [6, 6.07) is 7.61. The van der Waals surface area contributed by atoms with Crippen molar-refractivity contribution in [1.82, 2.24) is 10.3 Å². The third kappa shape index (κ3) is 5.12. The molecule has 1 amide bonds. The van der Waals surface area contributed by atoms with Crippen molar-refractivity contribution in [2.24, 2.45) is 0 Å².